The molecule has 1 N–H and O–H groups in total. The van der Waals surface area contributed by atoms with Crippen LogP contribution in [0.15, 0.2) is 47.9 Å². The van der Waals surface area contributed by atoms with Gasteiger partial charge in [0.25, 0.3) is 5.91 Å². The topological polar surface area (TPSA) is 85.8 Å². The second-order valence-corrected chi connectivity index (χ2v) is 5.48. The first-order valence-corrected chi connectivity index (χ1v) is 7.46. The first-order valence-electron chi connectivity index (χ1n) is 7.46. The summed E-state index contributed by atoms with van der Waals surface area (Å²) in [5, 5.41) is 2.89. The van der Waals surface area contributed by atoms with Crippen LogP contribution in [0.25, 0.3) is 5.82 Å². The molecule has 0 bridgehead atoms. The number of rotatable bonds is 5. The van der Waals surface area contributed by atoms with Crippen LogP contribution in [0.5, 0.6) is 0 Å². The average molecular weight is 309 g/mol. The van der Waals surface area contributed by atoms with Gasteiger partial charge < -0.3 is 9.73 Å². The Morgan fingerprint density at radius 2 is 2.26 bits per heavy atom. The Morgan fingerprint density at radius 3 is 3.04 bits per heavy atom. The molecule has 3 aromatic rings. The lowest BCUT2D eigenvalue weighted by Crippen LogP contribution is -2.25. The van der Waals surface area contributed by atoms with Crippen LogP contribution in [0.1, 0.15) is 40.6 Å². The minimum absolute atomic E-state index is 0.221. The van der Waals surface area contributed by atoms with E-state index in [-0.39, 0.29) is 5.91 Å². The highest BCUT2D eigenvalue weighted by Crippen LogP contribution is 2.41. The number of oxazole rings is 1. The average Bonchev–Trinajstić information content (AvgIpc) is 3.09. The molecular formula is C16H15N5O2. The van der Waals surface area contributed by atoms with Crippen molar-refractivity contribution in [3.8, 4) is 5.82 Å². The minimum Gasteiger partial charge on any atom is -0.447 e. The quantitative estimate of drug-likeness (QED) is 0.779. The van der Waals surface area contributed by atoms with Crippen molar-refractivity contribution in [2.45, 2.75) is 25.3 Å². The zero-order valence-electron chi connectivity index (χ0n) is 12.3. The summed E-state index contributed by atoms with van der Waals surface area (Å²) in [6.45, 7) is 0.358. The van der Waals surface area contributed by atoms with Crippen LogP contribution in [0.4, 0.5) is 0 Å². The van der Waals surface area contributed by atoms with E-state index in [1.165, 1.54) is 6.39 Å². The Kier molecular flexibility index (Phi) is 3.38. The molecule has 0 unspecified atom stereocenters. The van der Waals surface area contributed by atoms with Crippen molar-refractivity contribution in [3.63, 3.8) is 0 Å². The molecule has 23 heavy (non-hydrogen) atoms. The van der Waals surface area contributed by atoms with E-state index in [0.717, 1.165) is 24.2 Å². The first kappa shape index (κ1) is 13.7. The molecule has 1 saturated carbocycles. The number of amides is 1. The summed E-state index contributed by atoms with van der Waals surface area (Å²) in [5.41, 5.74) is 1.29. The Labute approximate surface area is 132 Å². The molecule has 3 aromatic heterocycles. The second kappa shape index (κ2) is 5.68. The van der Waals surface area contributed by atoms with Gasteiger partial charge in [0.05, 0.1) is 0 Å². The summed E-state index contributed by atoms with van der Waals surface area (Å²) < 4.78 is 7.16. The van der Waals surface area contributed by atoms with Crippen LogP contribution in [0, 0.1) is 0 Å². The molecule has 0 saturated heterocycles. The van der Waals surface area contributed by atoms with Crippen molar-refractivity contribution >= 4 is 5.91 Å². The maximum absolute atomic E-state index is 12.4. The van der Waals surface area contributed by atoms with E-state index in [9.17, 15) is 4.79 Å². The second-order valence-electron chi connectivity index (χ2n) is 5.48. The highest BCUT2D eigenvalue weighted by molar-refractivity contribution is 5.93. The minimum atomic E-state index is -0.221. The van der Waals surface area contributed by atoms with Crippen LogP contribution < -0.4 is 5.32 Å². The molecule has 0 radical (unpaired) electrons. The summed E-state index contributed by atoms with van der Waals surface area (Å²) in [5.74, 6) is 1.57. The van der Waals surface area contributed by atoms with Gasteiger partial charge in [0.1, 0.15) is 17.9 Å². The smallest absolute Gasteiger partial charge is 0.273 e. The highest BCUT2D eigenvalue weighted by Gasteiger charge is 2.32. The van der Waals surface area contributed by atoms with Crippen molar-refractivity contribution in [1.29, 1.82) is 0 Å². The number of aromatic nitrogens is 4. The van der Waals surface area contributed by atoms with Gasteiger partial charge in [-0.1, -0.05) is 6.07 Å². The zero-order valence-corrected chi connectivity index (χ0v) is 12.3. The van der Waals surface area contributed by atoms with Gasteiger partial charge in [-0.2, -0.15) is 0 Å². The number of nitrogens with zero attached hydrogens (tertiary/aromatic N) is 4. The largest absolute Gasteiger partial charge is 0.447 e. The molecule has 1 aliphatic carbocycles. The van der Waals surface area contributed by atoms with Gasteiger partial charge in [0.15, 0.2) is 12.1 Å². The van der Waals surface area contributed by atoms with Gasteiger partial charge in [-0.3, -0.25) is 9.36 Å². The molecule has 1 aliphatic rings. The van der Waals surface area contributed by atoms with E-state index < -0.39 is 0 Å². The van der Waals surface area contributed by atoms with Gasteiger partial charge in [-0.25, -0.2) is 15.0 Å². The summed E-state index contributed by atoms with van der Waals surface area (Å²) >= 11 is 0. The van der Waals surface area contributed by atoms with Gasteiger partial charge >= 0.3 is 0 Å². The van der Waals surface area contributed by atoms with E-state index in [1.54, 1.807) is 18.7 Å². The maximum Gasteiger partial charge on any atom is 0.273 e. The third-order valence-corrected chi connectivity index (χ3v) is 3.81. The summed E-state index contributed by atoms with van der Waals surface area (Å²) in [6, 6.07) is 3.76. The van der Waals surface area contributed by atoms with Crippen LogP contribution >= 0.6 is 0 Å². The van der Waals surface area contributed by atoms with Crippen molar-refractivity contribution in [2.24, 2.45) is 0 Å². The van der Waals surface area contributed by atoms with Crippen LogP contribution in [-0.4, -0.2) is 25.4 Å². The van der Waals surface area contributed by atoms with Crippen molar-refractivity contribution in [3.05, 3.63) is 60.5 Å². The number of carbonyl (C=O) groups is 1. The fourth-order valence-corrected chi connectivity index (χ4v) is 2.51. The number of hydrogen-bond donors (Lipinski definition) is 1. The molecule has 3 heterocycles. The van der Waals surface area contributed by atoms with Crippen molar-refractivity contribution < 1.29 is 9.21 Å². The summed E-state index contributed by atoms with van der Waals surface area (Å²) in [7, 11) is 0. The van der Waals surface area contributed by atoms with Gasteiger partial charge in [0.2, 0.25) is 0 Å². The normalized spacial score (nSPS) is 13.9. The van der Waals surface area contributed by atoms with E-state index in [1.807, 2.05) is 22.9 Å². The molecule has 1 fully saturated rings. The lowest BCUT2D eigenvalue weighted by atomic mass is 10.2. The fourth-order valence-electron chi connectivity index (χ4n) is 2.51. The standard InChI is InChI=1S/C16H15N5O2/c22-16(13-14(11-3-4-11)23-10-20-13)19-8-12-2-1-5-18-15(12)21-7-6-17-9-21/h1-2,5-7,9-11H,3-4,8H2,(H,19,22). The zero-order chi connectivity index (χ0) is 15.6. The van der Waals surface area contributed by atoms with Crippen LogP contribution in [0.2, 0.25) is 0 Å². The molecule has 0 aromatic carbocycles. The molecule has 4 rings (SSSR count). The van der Waals surface area contributed by atoms with Gasteiger partial charge in [0, 0.05) is 36.6 Å². The molecule has 7 nitrogen and oxygen atoms in total. The van der Waals surface area contributed by atoms with E-state index in [0.29, 0.717) is 23.9 Å². The summed E-state index contributed by atoms with van der Waals surface area (Å²) in [4.78, 5) is 24.8. The van der Waals surface area contributed by atoms with Crippen molar-refractivity contribution in [2.75, 3.05) is 0 Å². The fraction of sp³-hybridized carbons (Fsp3) is 0.250. The van der Waals surface area contributed by atoms with Crippen molar-refractivity contribution in [1.82, 2.24) is 24.8 Å². The molecule has 7 heteroatoms. The number of imidazole rings is 1. The Bertz CT molecular complexity index is 821. The summed E-state index contributed by atoms with van der Waals surface area (Å²) in [6.07, 6.45) is 10.3. The first-order chi connectivity index (χ1) is 11.3. The highest BCUT2D eigenvalue weighted by atomic mass is 16.3. The Morgan fingerprint density at radius 1 is 1.35 bits per heavy atom. The molecular weight excluding hydrogens is 294 g/mol. The third kappa shape index (κ3) is 2.73. The number of nitrogens with one attached hydrogen (secondary N) is 1. The predicted octanol–water partition coefficient (Wildman–Crippen LogP) is 2.06. The molecule has 0 aliphatic heterocycles. The van der Waals surface area contributed by atoms with Gasteiger partial charge in [-0.05, 0) is 18.9 Å². The van der Waals surface area contributed by atoms with Crippen LogP contribution in [0.3, 0.4) is 0 Å². The number of pyridine rings is 1. The monoisotopic (exact) mass is 309 g/mol. The van der Waals surface area contributed by atoms with Crippen LogP contribution in [-0.2, 0) is 6.54 Å². The maximum atomic E-state index is 12.4. The Hall–Kier alpha value is -2.96. The third-order valence-electron chi connectivity index (χ3n) is 3.81. The Balaban J connectivity index is 1.51. The van der Waals surface area contributed by atoms with E-state index in [2.05, 4.69) is 20.3 Å². The number of hydrogen-bond acceptors (Lipinski definition) is 5. The van der Waals surface area contributed by atoms with E-state index in [4.69, 9.17) is 4.42 Å². The SMILES string of the molecule is O=C(NCc1cccnc1-n1ccnc1)c1ncoc1C1CC1. The molecule has 0 spiro atoms. The molecule has 116 valence electrons. The van der Waals surface area contributed by atoms with E-state index >= 15 is 0 Å². The molecule has 0 atom stereocenters. The number of carbonyl (C=O) groups excluding carboxylic acids is 1. The lowest BCUT2D eigenvalue weighted by molar-refractivity contribution is 0.0944. The van der Waals surface area contributed by atoms with Gasteiger partial charge in [-0.15, -0.1) is 0 Å². The predicted molar refractivity (Wildman–Crippen MR) is 81.0 cm³/mol. The molecule has 1 amide bonds. The lowest BCUT2D eigenvalue weighted by Gasteiger charge is -2.09.